The Labute approximate surface area is 113 Å². The number of hydrogen-bond acceptors (Lipinski definition) is 4. The van der Waals surface area contributed by atoms with Gasteiger partial charge < -0.3 is 9.64 Å². The summed E-state index contributed by atoms with van der Waals surface area (Å²) >= 11 is 0. The number of nitrogens with zero attached hydrogens (tertiary/aromatic N) is 4. The van der Waals surface area contributed by atoms with Crippen LogP contribution in [0.3, 0.4) is 0 Å². The molecule has 19 heavy (non-hydrogen) atoms. The molecule has 0 spiro atoms. The van der Waals surface area contributed by atoms with E-state index in [-0.39, 0.29) is 17.4 Å². The highest BCUT2D eigenvalue weighted by Gasteiger charge is 2.33. The third kappa shape index (κ3) is 2.94. The lowest BCUT2D eigenvalue weighted by atomic mass is 9.88. The molecule has 1 aromatic rings. The Morgan fingerprint density at radius 2 is 2.26 bits per heavy atom. The van der Waals surface area contributed by atoms with Gasteiger partial charge in [0, 0.05) is 19.6 Å². The van der Waals surface area contributed by atoms with E-state index >= 15 is 0 Å². The molecule has 6 nitrogen and oxygen atoms in total. The first-order chi connectivity index (χ1) is 8.93. The second-order valence-corrected chi connectivity index (χ2v) is 5.91. The molecule has 1 aliphatic rings. The van der Waals surface area contributed by atoms with Gasteiger partial charge in [0.2, 0.25) is 0 Å². The van der Waals surface area contributed by atoms with E-state index in [9.17, 15) is 4.79 Å². The molecule has 0 aromatic carbocycles. The zero-order chi connectivity index (χ0) is 14.0. The molecule has 0 N–H and O–H groups in total. The number of amides is 1. The Balaban J connectivity index is 2.11. The van der Waals surface area contributed by atoms with Gasteiger partial charge in [0.25, 0.3) is 5.91 Å². The van der Waals surface area contributed by atoms with Crippen LogP contribution in [-0.4, -0.2) is 51.6 Å². The summed E-state index contributed by atoms with van der Waals surface area (Å²) in [6.07, 6.45) is 1.60. The lowest BCUT2D eigenvalue weighted by molar-refractivity contribution is -0.0708. The van der Waals surface area contributed by atoms with Crippen molar-refractivity contribution in [1.29, 1.82) is 0 Å². The van der Waals surface area contributed by atoms with Crippen molar-refractivity contribution < 1.29 is 9.53 Å². The number of rotatable bonds is 2. The third-order valence-corrected chi connectivity index (χ3v) is 3.46. The molecule has 1 aromatic heterocycles. The maximum absolute atomic E-state index is 12.5. The van der Waals surface area contributed by atoms with E-state index in [1.165, 1.54) is 6.20 Å². The maximum atomic E-state index is 12.5. The zero-order valence-electron chi connectivity index (χ0n) is 12.1. The van der Waals surface area contributed by atoms with Gasteiger partial charge in [-0.3, -0.25) is 4.79 Å². The summed E-state index contributed by atoms with van der Waals surface area (Å²) < 4.78 is 7.39. The van der Waals surface area contributed by atoms with Gasteiger partial charge >= 0.3 is 0 Å². The van der Waals surface area contributed by atoms with Crippen LogP contribution >= 0.6 is 0 Å². The normalized spacial score (nSPS) is 20.6. The number of morpholine rings is 1. The average Bonchev–Trinajstić information content (AvgIpc) is 2.85. The fourth-order valence-corrected chi connectivity index (χ4v) is 2.18. The molecular weight excluding hydrogens is 244 g/mol. The summed E-state index contributed by atoms with van der Waals surface area (Å²) in [5, 5.41) is 7.72. The minimum Gasteiger partial charge on any atom is -0.374 e. The maximum Gasteiger partial charge on any atom is 0.273 e. The highest BCUT2D eigenvalue weighted by Crippen LogP contribution is 2.25. The molecule has 2 rings (SSSR count). The number of hydrogen-bond donors (Lipinski definition) is 0. The Bertz CT molecular complexity index is 450. The van der Waals surface area contributed by atoms with Gasteiger partial charge in [-0.05, 0) is 12.3 Å². The van der Waals surface area contributed by atoms with E-state index in [1.807, 2.05) is 11.8 Å². The van der Waals surface area contributed by atoms with Crippen LogP contribution in [0.5, 0.6) is 0 Å². The fraction of sp³-hybridized carbons (Fsp3) is 0.769. The Kier molecular flexibility index (Phi) is 3.89. The van der Waals surface area contributed by atoms with E-state index in [2.05, 4.69) is 31.1 Å². The molecule has 0 saturated carbocycles. The summed E-state index contributed by atoms with van der Waals surface area (Å²) in [6.45, 7) is 10.8. The molecule has 1 unspecified atom stereocenters. The lowest BCUT2D eigenvalue weighted by Crippen LogP contribution is -2.50. The average molecular weight is 266 g/mol. The second-order valence-electron chi connectivity index (χ2n) is 5.91. The zero-order valence-corrected chi connectivity index (χ0v) is 12.1. The van der Waals surface area contributed by atoms with E-state index in [0.29, 0.717) is 31.9 Å². The van der Waals surface area contributed by atoms with E-state index in [0.717, 1.165) is 0 Å². The number of aromatic nitrogens is 3. The van der Waals surface area contributed by atoms with Crippen molar-refractivity contribution in [3.05, 3.63) is 11.9 Å². The first-order valence-electron chi connectivity index (χ1n) is 6.73. The summed E-state index contributed by atoms with van der Waals surface area (Å²) in [5.41, 5.74) is 0.583. The van der Waals surface area contributed by atoms with Gasteiger partial charge in [-0.15, -0.1) is 5.10 Å². The first kappa shape index (κ1) is 14.0. The van der Waals surface area contributed by atoms with Crippen molar-refractivity contribution >= 4 is 5.91 Å². The molecule has 0 aliphatic carbocycles. The highest BCUT2D eigenvalue weighted by molar-refractivity contribution is 5.92. The Morgan fingerprint density at radius 3 is 2.89 bits per heavy atom. The van der Waals surface area contributed by atoms with Crippen molar-refractivity contribution in [2.75, 3.05) is 19.7 Å². The number of carbonyl (C=O) groups excluding carboxylic acids is 1. The van der Waals surface area contributed by atoms with Crippen molar-refractivity contribution in [3.63, 3.8) is 0 Å². The SMILES string of the molecule is CCn1nncc1C(=O)N1CCOC(C(C)(C)C)C1. The molecule has 1 amide bonds. The van der Waals surface area contributed by atoms with Crippen LogP contribution < -0.4 is 0 Å². The summed E-state index contributed by atoms with van der Waals surface area (Å²) in [7, 11) is 0. The van der Waals surface area contributed by atoms with Crippen LogP contribution in [0.15, 0.2) is 6.20 Å². The van der Waals surface area contributed by atoms with Crippen LogP contribution in [-0.2, 0) is 11.3 Å². The van der Waals surface area contributed by atoms with Crippen molar-refractivity contribution in [3.8, 4) is 0 Å². The molecule has 1 aliphatic heterocycles. The number of carbonyl (C=O) groups is 1. The molecule has 0 bridgehead atoms. The van der Waals surface area contributed by atoms with Crippen LogP contribution in [0.4, 0.5) is 0 Å². The molecule has 1 saturated heterocycles. The molecule has 2 heterocycles. The lowest BCUT2D eigenvalue weighted by Gasteiger charge is -2.39. The predicted molar refractivity (Wildman–Crippen MR) is 70.8 cm³/mol. The summed E-state index contributed by atoms with van der Waals surface area (Å²) in [6, 6.07) is 0. The highest BCUT2D eigenvalue weighted by atomic mass is 16.5. The van der Waals surface area contributed by atoms with Crippen molar-refractivity contribution in [1.82, 2.24) is 19.9 Å². The van der Waals surface area contributed by atoms with Crippen molar-refractivity contribution in [2.45, 2.75) is 40.3 Å². The third-order valence-electron chi connectivity index (χ3n) is 3.46. The van der Waals surface area contributed by atoms with Crippen LogP contribution in [0.1, 0.15) is 38.2 Å². The smallest absolute Gasteiger partial charge is 0.273 e. The molecule has 106 valence electrons. The molecule has 1 atom stereocenters. The standard InChI is InChI=1S/C13H22N4O2/c1-5-17-10(8-14-15-17)12(18)16-6-7-19-11(9-16)13(2,3)4/h8,11H,5-7,9H2,1-4H3. The predicted octanol–water partition coefficient (Wildman–Crippen LogP) is 1.19. The van der Waals surface area contributed by atoms with Gasteiger partial charge in [0.05, 0.1) is 18.9 Å². The fourth-order valence-electron chi connectivity index (χ4n) is 2.18. The molecular formula is C13H22N4O2. The summed E-state index contributed by atoms with van der Waals surface area (Å²) in [5.74, 6) is -0.00981. The van der Waals surface area contributed by atoms with Crippen LogP contribution in [0.25, 0.3) is 0 Å². The second kappa shape index (κ2) is 5.28. The molecule has 0 radical (unpaired) electrons. The largest absolute Gasteiger partial charge is 0.374 e. The van der Waals surface area contributed by atoms with Gasteiger partial charge in [0.1, 0.15) is 5.69 Å². The van der Waals surface area contributed by atoms with Gasteiger partial charge in [-0.25, -0.2) is 4.68 Å². The van der Waals surface area contributed by atoms with Gasteiger partial charge in [0.15, 0.2) is 0 Å². The topological polar surface area (TPSA) is 60.2 Å². The van der Waals surface area contributed by atoms with Gasteiger partial charge in [-0.2, -0.15) is 0 Å². The molecule has 6 heteroatoms. The van der Waals surface area contributed by atoms with E-state index < -0.39 is 0 Å². The quantitative estimate of drug-likeness (QED) is 0.806. The number of ether oxygens (including phenoxy) is 1. The first-order valence-corrected chi connectivity index (χ1v) is 6.73. The summed E-state index contributed by atoms with van der Waals surface area (Å²) in [4.78, 5) is 14.3. The van der Waals surface area contributed by atoms with E-state index in [4.69, 9.17) is 4.74 Å². The van der Waals surface area contributed by atoms with Gasteiger partial charge in [-0.1, -0.05) is 26.0 Å². The Morgan fingerprint density at radius 1 is 1.53 bits per heavy atom. The minimum absolute atomic E-state index is 0.00981. The molecule has 1 fully saturated rings. The van der Waals surface area contributed by atoms with Crippen LogP contribution in [0.2, 0.25) is 0 Å². The minimum atomic E-state index is -0.00981. The van der Waals surface area contributed by atoms with Crippen molar-refractivity contribution in [2.24, 2.45) is 5.41 Å². The number of aryl methyl sites for hydroxylation is 1. The monoisotopic (exact) mass is 266 g/mol. The van der Waals surface area contributed by atoms with Crippen LogP contribution in [0, 0.1) is 5.41 Å². The Hall–Kier alpha value is -1.43. The van der Waals surface area contributed by atoms with E-state index in [1.54, 1.807) is 4.68 Å².